The predicted molar refractivity (Wildman–Crippen MR) is 117 cm³/mol. The first-order valence-electron chi connectivity index (χ1n) is 11.6. The molecule has 0 saturated heterocycles. The Hall–Kier alpha value is -2.03. The minimum atomic E-state index is -3.09. The second kappa shape index (κ2) is 11.0. The maximum atomic E-state index is 13.6. The van der Waals surface area contributed by atoms with Gasteiger partial charge in [-0.1, -0.05) is 44.8 Å². The second-order valence-electron chi connectivity index (χ2n) is 9.59. The summed E-state index contributed by atoms with van der Waals surface area (Å²) in [5.41, 5.74) is -0.284. The fraction of sp³-hybridized carbons (Fsp3) is 0.720. The quantitative estimate of drug-likeness (QED) is 0.381. The van der Waals surface area contributed by atoms with Crippen molar-refractivity contribution in [3.05, 3.63) is 24.3 Å². The maximum absolute atomic E-state index is 13.6. The highest BCUT2D eigenvalue weighted by Crippen LogP contribution is 2.46. The summed E-state index contributed by atoms with van der Waals surface area (Å²) in [6, 6.07) is 0.811. The van der Waals surface area contributed by atoms with E-state index in [2.05, 4.69) is 18.3 Å². The van der Waals surface area contributed by atoms with E-state index in [0.717, 1.165) is 26.2 Å². The minimum Gasteiger partial charge on any atom is -0.342 e. The molecule has 0 aromatic heterocycles. The second-order valence-corrected chi connectivity index (χ2v) is 9.59. The van der Waals surface area contributed by atoms with E-state index < -0.39 is 35.5 Å². The highest BCUT2D eigenvalue weighted by molar-refractivity contribution is 5.99. The van der Waals surface area contributed by atoms with Crippen LogP contribution in [-0.2, 0) is 9.59 Å². The molecule has 2 saturated carbocycles. The van der Waals surface area contributed by atoms with Crippen molar-refractivity contribution < 1.29 is 18.4 Å². The van der Waals surface area contributed by atoms with Crippen molar-refractivity contribution in [2.75, 3.05) is 0 Å². The van der Waals surface area contributed by atoms with Crippen LogP contribution in [0.15, 0.2) is 24.3 Å². The van der Waals surface area contributed by atoms with Crippen LogP contribution in [0.1, 0.15) is 90.9 Å². The Bertz CT molecular complexity index is 715. The molecule has 0 bridgehead atoms. The molecule has 172 valence electrons. The zero-order valence-electron chi connectivity index (χ0n) is 18.9. The third kappa shape index (κ3) is 8.55. The van der Waals surface area contributed by atoms with E-state index in [1.54, 1.807) is 6.08 Å². The lowest BCUT2D eigenvalue weighted by atomic mass is 9.68. The van der Waals surface area contributed by atoms with Gasteiger partial charge in [0.2, 0.25) is 11.8 Å². The highest BCUT2D eigenvalue weighted by atomic mass is 19.3. The average molecular weight is 435 g/mol. The summed E-state index contributed by atoms with van der Waals surface area (Å²) in [5, 5.41) is 11.5. The summed E-state index contributed by atoms with van der Waals surface area (Å²) in [7, 11) is 0. The molecule has 1 atom stereocenters. The van der Waals surface area contributed by atoms with Gasteiger partial charge in [-0.2, -0.15) is 5.26 Å². The number of hydrogen-bond acceptors (Lipinski definition) is 3. The lowest BCUT2D eigenvalue weighted by Crippen LogP contribution is -2.42. The molecule has 0 aromatic carbocycles. The number of carbonyl (C=O) groups is 2. The van der Waals surface area contributed by atoms with E-state index in [1.807, 2.05) is 0 Å². The molecule has 0 radical (unpaired) electrons. The monoisotopic (exact) mass is 434 g/mol. The highest BCUT2D eigenvalue weighted by Gasteiger charge is 2.41. The number of rotatable bonds is 12. The number of allylic oxidation sites excluding steroid dienone is 2. The summed E-state index contributed by atoms with van der Waals surface area (Å²) in [6.07, 6.45) is 16.8. The molecule has 31 heavy (non-hydrogen) atoms. The smallest absolute Gasteiger partial charge is 0.247 e. The van der Waals surface area contributed by atoms with Crippen LogP contribution in [0.25, 0.3) is 0 Å². The van der Waals surface area contributed by atoms with Crippen LogP contribution in [0.5, 0.6) is 0 Å². The van der Waals surface area contributed by atoms with Gasteiger partial charge in [-0.15, -0.1) is 0 Å². The van der Waals surface area contributed by atoms with Crippen LogP contribution >= 0.6 is 0 Å². The van der Waals surface area contributed by atoms with E-state index in [-0.39, 0.29) is 0 Å². The molecule has 2 fully saturated rings. The number of alkyl halides is 2. The van der Waals surface area contributed by atoms with Gasteiger partial charge in [-0.05, 0) is 69.4 Å². The SMILES string of the molecule is CCCC1(CC/C=C/C(=O)N[C@@H](CC(C)(F)F)C(=O)/C=C/C2(C#N)CC2)CCCCC1. The van der Waals surface area contributed by atoms with Crippen molar-refractivity contribution >= 4 is 11.7 Å². The van der Waals surface area contributed by atoms with Crippen LogP contribution in [0.3, 0.4) is 0 Å². The number of nitrogens with zero attached hydrogens (tertiary/aromatic N) is 1. The van der Waals surface area contributed by atoms with Crippen molar-refractivity contribution in [2.45, 2.75) is 103 Å². The summed E-state index contributed by atoms with van der Waals surface area (Å²) in [6.45, 7) is 2.93. The van der Waals surface area contributed by atoms with Gasteiger partial charge in [0, 0.05) is 6.42 Å². The zero-order chi connectivity index (χ0) is 23.0. The van der Waals surface area contributed by atoms with E-state index in [4.69, 9.17) is 5.26 Å². The predicted octanol–water partition coefficient (Wildman–Crippen LogP) is 6.03. The molecule has 0 heterocycles. The Balaban J connectivity index is 1.91. The van der Waals surface area contributed by atoms with Gasteiger partial charge in [0.15, 0.2) is 5.78 Å². The van der Waals surface area contributed by atoms with Crippen molar-refractivity contribution in [2.24, 2.45) is 10.8 Å². The largest absolute Gasteiger partial charge is 0.342 e. The number of halogens is 2. The van der Waals surface area contributed by atoms with Crippen LogP contribution in [0.2, 0.25) is 0 Å². The van der Waals surface area contributed by atoms with E-state index >= 15 is 0 Å². The van der Waals surface area contributed by atoms with E-state index in [0.29, 0.717) is 18.3 Å². The van der Waals surface area contributed by atoms with Crippen LogP contribution in [0, 0.1) is 22.2 Å². The number of nitriles is 1. The van der Waals surface area contributed by atoms with Gasteiger partial charge in [0.25, 0.3) is 0 Å². The molecular formula is C25H36F2N2O2. The molecular weight excluding hydrogens is 398 g/mol. The molecule has 0 aromatic rings. The number of carbonyl (C=O) groups excluding carboxylic acids is 2. The van der Waals surface area contributed by atoms with Crippen molar-refractivity contribution in [1.82, 2.24) is 5.32 Å². The maximum Gasteiger partial charge on any atom is 0.247 e. The third-order valence-electron chi connectivity index (χ3n) is 6.61. The van der Waals surface area contributed by atoms with Gasteiger partial charge in [0.1, 0.15) is 0 Å². The summed E-state index contributed by atoms with van der Waals surface area (Å²) < 4.78 is 27.1. The van der Waals surface area contributed by atoms with Crippen molar-refractivity contribution in [3.63, 3.8) is 0 Å². The minimum absolute atomic E-state index is 0.362. The lowest BCUT2D eigenvalue weighted by molar-refractivity contribution is -0.125. The first-order valence-corrected chi connectivity index (χ1v) is 11.6. The Morgan fingerprint density at radius 3 is 2.35 bits per heavy atom. The normalized spacial score (nSPS) is 21.0. The Labute approximate surface area is 185 Å². The molecule has 0 spiro atoms. The number of hydrogen-bond donors (Lipinski definition) is 1. The molecule has 4 nitrogen and oxygen atoms in total. The van der Waals surface area contributed by atoms with E-state index in [1.165, 1.54) is 56.8 Å². The molecule has 2 aliphatic carbocycles. The first-order chi connectivity index (χ1) is 14.6. The number of amides is 1. The summed E-state index contributed by atoms with van der Waals surface area (Å²) >= 11 is 0. The lowest BCUT2D eigenvalue weighted by Gasteiger charge is -2.37. The van der Waals surface area contributed by atoms with Gasteiger partial charge >= 0.3 is 0 Å². The average Bonchev–Trinajstić information content (AvgIpc) is 3.49. The van der Waals surface area contributed by atoms with Crippen LogP contribution in [0.4, 0.5) is 8.78 Å². The third-order valence-corrected chi connectivity index (χ3v) is 6.61. The van der Waals surface area contributed by atoms with Gasteiger partial charge in [-0.3, -0.25) is 9.59 Å². The molecule has 0 aliphatic heterocycles. The van der Waals surface area contributed by atoms with Gasteiger partial charge in [0.05, 0.1) is 17.5 Å². The number of nitrogens with one attached hydrogen (secondary N) is 1. The standard InChI is InChI=1S/C25H36F2N2O2/c1-3-11-24(12-6-4-7-13-24)14-8-5-9-22(31)29-20(18-23(2,26)27)21(30)10-15-25(19-28)16-17-25/h5,9-10,15,20H,3-4,6-8,11-14,16-18H2,1-2H3,(H,29,31)/b9-5+,15-10+/t20-/m0/s1. The molecule has 0 unspecified atom stereocenters. The summed E-state index contributed by atoms with van der Waals surface area (Å²) in [4.78, 5) is 24.7. The number of ketones is 1. The summed E-state index contributed by atoms with van der Waals surface area (Å²) in [5.74, 6) is -4.23. The Morgan fingerprint density at radius 2 is 1.81 bits per heavy atom. The topological polar surface area (TPSA) is 70.0 Å². The fourth-order valence-electron chi connectivity index (χ4n) is 4.65. The molecule has 6 heteroatoms. The van der Waals surface area contributed by atoms with Crippen molar-refractivity contribution in [3.8, 4) is 6.07 Å². The van der Waals surface area contributed by atoms with Crippen molar-refractivity contribution in [1.29, 1.82) is 5.26 Å². The van der Waals surface area contributed by atoms with Gasteiger partial charge < -0.3 is 5.32 Å². The Morgan fingerprint density at radius 1 is 1.13 bits per heavy atom. The fourth-order valence-corrected chi connectivity index (χ4v) is 4.65. The zero-order valence-corrected chi connectivity index (χ0v) is 18.9. The molecule has 1 N–H and O–H groups in total. The first kappa shape index (κ1) is 25.2. The molecule has 1 amide bonds. The molecule has 2 aliphatic rings. The van der Waals surface area contributed by atoms with E-state index in [9.17, 15) is 18.4 Å². The van der Waals surface area contributed by atoms with Gasteiger partial charge in [-0.25, -0.2) is 8.78 Å². The molecule has 2 rings (SSSR count). The van der Waals surface area contributed by atoms with Crippen LogP contribution in [-0.4, -0.2) is 23.7 Å². The Kier molecular flexibility index (Phi) is 8.97. The van der Waals surface area contributed by atoms with Crippen LogP contribution < -0.4 is 5.32 Å².